The molecular formula is C37H44ClN5O7. The largest absolute Gasteiger partial charge is 0.446 e. The zero-order valence-electron chi connectivity index (χ0n) is 28.7. The van der Waals surface area contributed by atoms with Crippen LogP contribution in [0.5, 0.6) is 0 Å². The summed E-state index contributed by atoms with van der Waals surface area (Å²) in [6.45, 7) is 5.46. The van der Waals surface area contributed by atoms with Gasteiger partial charge in [-0.05, 0) is 41.9 Å². The molecule has 50 heavy (non-hydrogen) atoms. The van der Waals surface area contributed by atoms with E-state index >= 15 is 0 Å². The number of likely N-dealkylation sites (tertiary alicyclic amines) is 1. The highest BCUT2D eigenvalue weighted by atomic mass is 35.5. The van der Waals surface area contributed by atoms with Gasteiger partial charge in [0.2, 0.25) is 17.6 Å². The van der Waals surface area contributed by atoms with E-state index in [0.717, 1.165) is 24.0 Å². The summed E-state index contributed by atoms with van der Waals surface area (Å²) in [5.74, 6) is -2.32. The number of benzene rings is 2. The Bertz CT molecular complexity index is 1690. The van der Waals surface area contributed by atoms with Crippen LogP contribution < -0.4 is 16.0 Å². The Morgan fingerprint density at radius 1 is 1.06 bits per heavy atom. The molecule has 2 aromatic rings. The molecule has 2 heterocycles. The van der Waals surface area contributed by atoms with E-state index in [0.29, 0.717) is 30.0 Å². The van der Waals surface area contributed by atoms with Crippen LogP contribution >= 0.6 is 11.6 Å². The number of nitrogens with one attached hydrogen (secondary N) is 3. The number of nitrogens with zero attached hydrogens (tertiary/aromatic N) is 2. The third-order valence-corrected chi connectivity index (χ3v) is 10.2. The van der Waals surface area contributed by atoms with Crippen LogP contribution in [0.25, 0.3) is 0 Å². The summed E-state index contributed by atoms with van der Waals surface area (Å²) in [6.07, 6.45) is 2.16. The molecule has 4 aliphatic rings. The second-order valence-corrected chi connectivity index (χ2v) is 15.4. The summed E-state index contributed by atoms with van der Waals surface area (Å²) in [5.41, 5.74) is 0.625. The molecule has 1 spiro atoms. The lowest BCUT2D eigenvalue weighted by molar-refractivity contribution is -0.144. The van der Waals surface area contributed by atoms with Gasteiger partial charge in [-0.3, -0.25) is 19.2 Å². The van der Waals surface area contributed by atoms with Crippen LogP contribution in [0, 0.1) is 11.3 Å². The van der Waals surface area contributed by atoms with E-state index in [4.69, 9.17) is 21.2 Å². The molecule has 13 heteroatoms. The van der Waals surface area contributed by atoms with Gasteiger partial charge in [-0.15, -0.1) is 0 Å². The second kappa shape index (κ2) is 14.0. The molecule has 0 aromatic heterocycles. The summed E-state index contributed by atoms with van der Waals surface area (Å²) in [6, 6.07) is 13.8. The molecule has 2 aliphatic carbocycles. The van der Waals surface area contributed by atoms with E-state index in [9.17, 15) is 24.0 Å². The zero-order valence-corrected chi connectivity index (χ0v) is 29.5. The molecule has 1 unspecified atom stereocenters. The number of carbonyl (C=O) groups is 5. The molecule has 6 atom stereocenters. The topological polar surface area (TPSA) is 156 Å². The van der Waals surface area contributed by atoms with E-state index in [1.165, 1.54) is 11.9 Å². The van der Waals surface area contributed by atoms with Crippen molar-refractivity contribution in [1.82, 2.24) is 20.9 Å². The number of amides is 4. The molecule has 2 aromatic carbocycles. The van der Waals surface area contributed by atoms with Crippen LogP contribution in [0.3, 0.4) is 0 Å². The van der Waals surface area contributed by atoms with Gasteiger partial charge < -0.3 is 30.4 Å². The standard InChI is InChI=1S/C37H44ClN5O7/c1-36(2,3)31(41-35(48)49-29-17-25(29)22-9-6-5-7-10-22)34(47)43-20-37(18-27(42-50-37)23-11-8-12-24(38)16-23)19-28(43)32(45)40-26(15-21-13-14-21)30(44)33(46)39-4/h5-12,16,21,25-26,28-29,31H,13-15,17-20H2,1-4H3,(H,39,46)(H,40,45)(H,41,48)/t25-,26+,28?,29+,31-,37-/m1/s1. The maximum Gasteiger partial charge on any atom is 0.408 e. The molecular weight excluding hydrogens is 662 g/mol. The average molecular weight is 706 g/mol. The van der Waals surface area contributed by atoms with Gasteiger partial charge >= 0.3 is 6.09 Å². The van der Waals surface area contributed by atoms with Gasteiger partial charge in [0.05, 0.1) is 18.3 Å². The third kappa shape index (κ3) is 7.96. The van der Waals surface area contributed by atoms with E-state index in [-0.39, 0.29) is 30.9 Å². The molecule has 2 aliphatic heterocycles. The quantitative estimate of drug-likeness (QED) is 0.298. The number of likely N-dealkylation sites (N-methyl/N-ethyl adjacent to an activating group) is 1. The molecule has 0 bridgehead atoms. The first kappa shape index (κ1) is 35.4. The summed E-state index contributed by atoms with van der Waals surface area (Å²) < 4.78 is 5.73. The highest BCUT2D eigenvalue weighted by Crippen LogP contribution is 2.44. The van der Waals surface area contributed by atoms with E-state index in [1.807, 2.05) is 57.2 Å². The first-order valence-electron chi connectivity index (χ1n) is 17.2. The fraction of sp³-hybridized carbons (Fsp3) is 0.514. The van der Waals surface area contributed by atoms with Crippen LogP contribution in [0.15, 0.2) is 59.8 Å². The fourth-order valence-electron chi connectivity index (χ4n) is 6.88. The Morgan fingerprint density at radius 3 is 2.46 bits per heavy atom. The van der Waals surface area contributed by atoms with Crippen molar-refractivity contribution in [2.45, 2.75) is 95.0 Å². The minimum absolute atomic E-state index is 0.00379. The van der Waals surface area contributed by atoms with Gasteiger partial charge in [-0.1, -0.05) is 92.8 Å². The Kier molecular flexibility index (Phi) is 9.94. The van der Waals surface area contributed by atoms with Crippen LogP contribution in [0.4, 0.5) is 4.79 Å². The van der Waals surface area contributed by atoms with Crippen molar-refractivity contribution >= 4 is 46.9 Å². The average Bonchev–Trinajstić information content (AvgIpc) is 3.99. The number of rotatable bonds is 11. The van der Waals surface area contributed by atoms with Gasteiger partial charge in [0.1, 0.15) is 18.2 Å². The molecule has 3 fully saturated rings. The van der Waals surface area contributed by atoms with Crippen molar-refractivity contribution < 1.29 is 33.5 Å². The maximum atomic E-state index is 14.6. The van der Waals surface area contributed by atoms with Crippen molar-refractivity contribution in [3.8, 4) is 0 Å². The summed E-state index contributed by atoms with van der Waals surface area (Å²) >= 11 is 6.24. The minimum Gasteiger partial charge on any atom is -0.446 e. The Hall–Kier alpha value is -4.45. The van der Waals surface area contributed by atoms with Crippen LogP contribution in [0.2, 0.25) is 5.02 Å². The molecule has 1 saturated heterocycles. The molecule has 4 amide bonds. The normalized spacial score (nSPS) is 25.2. The van der Waals surface area contributed by atoms with Crippen molar-refractivity contribution in [3.63, 3.8) is 0 Å². The fourth-order valence-corrected chi connectivity index (χ4v) is 7.07. The number of hydrogen-bond acceptors (Lipinski definition) is 8. The van der Waals surface area contributed by atoms with Crippen molar-refractivity contribution in [1.29, 1.82) is 0 Å². The van der Waals surface area contributed by atoms with E-state index < -0.39 is 58.7 Å². The van der Waals surface area contributed by atoms with Crippen LogP contribution in [-0.2, 0) is 28.8 Å². The van der Waals surface area contributed by atoms with Crippen molar-refractivity contribution in [2.75, 3.05) is 13.6 Å². The first-order valence-corrected chi connectivity index (χ1v) is 17.5. The maximum absolute atomic E-state index is 14.6. The first-order chi connectivity index (χ1) is 23.8. The minimum atomic E-state index is -1.08. The lowest BCUT2D eigenvalue weighted by Gasteiger charge is -2.35. The number of Topliss-reactive ketones (excluding diaryl/α,β-unsaturated/α-hetero) is 1. The Labute approximate surface area is 296 Å². The van der Waals surface area contributed by atoms with Crippen molar-refractivity contribution in [2.24, 2.45) is 16.5 Å². The number of ketones is 1. The predicted molar refractivity (Wildman–Crippen MR) is 185 cm³/mol. The molecule has 2 saturated carbocycles. The van der Waals surface area contributed by atoms with Gasteiger partial charge in [-0.25, -0.2) is 4.79 Å². The Morgan fingerprint density at radius 2 is 1.80 bits per heavy atom. The number of alkyl carbamates (subject to hydrolysis) is 1. The zero-order chi connectivity index (χ0) is 35.8. The lowest BCUT2D eigenvalue weighted by Crippen LogP contribution is -2.59. The summed E-state index contributed by atoms with van der Waals surface area (Å²) in [5, 5.41) is 12.8. The summed E-state index contributed by atoms with van der Waals surface area (Å²) in [7, 11) is 1.36. The number of ether oxygens (including phenoxy) is 1. The highest BCUT2D eigenvalue weighted by molar-refractivity contribution is 6.38. The van der Waals surface area contributed by atoms with Gasteiger partial charge in [0, 0.05) is 36.4 Å². The second-order valence-electron chi connectivity index (χ2n) is 15.0. The smallest absolute Gasteiger partial charge is 0.408 e. The van der Waals surface area contributed by atoms with E-state index in [1.54, 1.807) is 18.2 Å². The highest BCUT2D eigenvalue weighted by Gasteiger charge is 2.56. The van der Waals surface area contributed by atoms with E-state index in [2.05, 4.69) is 21.1 Å². The molecule has 0 radical (unpaired) electrons. The SMILES string of the molecule is CNC(=O)C(=O)[C@H](CC1CC1)NC(=O)C1C[C@]2(CC(c3cccc(Cl)c3)=NO2)CN1C(=O)[C@@H](NC(=O)O[C@H]1C[C@@H]1c1ccccc1)C(C)(C)C. The monoisotopic (exact) mass is 705 g/mol. The summed E-state index contributed by atoms with van der Waals surface area (Å²) in [4.78, 5) is 74.8. The molecule has 266 valence electrons. The van der Waals surface area contributed by atoms with Gasteiger partial charge in [-0.2, -0.15) is 0 Å². The number of oxime groups is 1. The van der Waals surface area contributed by atoms with Crippen molar-refractivity contribution in [3.05, 3.63) is 70.7 Å². The Balaban J connectivity index is 1.22. The molecule has 3 N–H and O–H groups in total. The van der Waals surface area contributed by atoms with Gasteiger partial charge in [0.25, 0.3) is 5.91 Å². The third-order valence-electron chi connectivity index (χ3n) is 9.93. The lowest BCUT2D eigenvalue weighted by atomic mass is 9.85. The number of hydrogen-bond donors (Lipinski definition) is 3. The predicted octanol–water partition coefficient (Wildman–Crippen LogP) is 4.10. The molecule has 6 rings (SSSR count). The van der Waals surface area contributed by atoms with Crippen LogP contribution in [0.1, 0.15) is 76.3 Å². The number of carbonyl (C=O) groups excluding carboxylic acids is 5. The molecule has 12 nitrogen and oxygen atoms in total. The van der Waals surface area contributed by atoms with Gasteiger partial charge in [0.15, 0.2) is 5.60 Å². The van der Waals surface area contributed by atoms with Crippen LogP contribution in [-0.4, -0.2) is 83.6 Å². The number of halogens is 1.